The van der Waals surface area contributed by atoms with Crippen LogP contribution < -0.4 is 62.5 Å². The highest BCUT2D eigenvalue weighted by Crippen LogP contribution is 2.52. The maximum absolute atomic E-state index is 12.4. The lowest BCUT2D eigenvalue weighted by molar-refractivity contribution is 0.273. The van der Waals surface area contributed by atoms with E-state index in [1.807, 2.05) is 91.0 Å². The Bertz CT molecular complexity index is 5390. The van der Waals surface area contributed by atoms with Crippen LogP contribution in [-0.4, -0.2) is 70.3 Å². The minimum atomic E-state index is -0.490. The minimum Gasteiger partial charge on any atom is -0.497 e. The van der Waals surface area contributed by atoms with E-state index in [2.05, 4.69) is 237 Å². The van der Waals surface area contributed by atoms with E-state index in [9.17, 15) is 8.78 Å². The summed E-state index contributed by atoms with van der Waals surface area (Å²) in [6, 6.07) is 85.7. The van der Waals surface area contributed by atoms with Crippen LogP contribution in [-0.2, 0) is 13.2 Å². The van der Waals surface area contributed by atoms with Gasteiger partial charge in [-0.1, -0.05) is 176 Å². The van der Waals surface area contributed by atoms with E-state index in [0.29, 0.717) is 11.4 Å². The van der Waals surface area contributed by atoms with Gasteiger partial charge in [0.15, 0.2) is 0 Å². The monoisotopic (exact) mass is 1510 g/mol. The van der Waals surface area contributed by atoms with Gasteiger partial charge in [-0.2, -0.15) is 0 Å². The lowest BCUT2D eigenvalue weighted by atomic mass is 9.83. The number of benzene rings is 12. The SMILES string of the molecule is C.C.C.C.C.CN1c2cc(N)ccc2-c2ccc(N)cc2C1c1ccc(OCc2cn(CC[18F])nn2)cc1.Cc1ccc2c(c1)N(C)C(c1ccc(OCC[18F])cc1)c1cc(N)ccc1-2.Cc1ccc2c(c1)N(C)C(c1ccc(O[11CH3])cc1)c1cc(N)ccc1-2.Cc1ccc2c(c1)N([11CH3])C(c1ccccc1)c1cc(N)ccc1-2. The molecule has 4 aliphatic heterocycles. The first-order valence-electron chi connectivity index (χ1n) is 36.2. The van der Waals surface area contributed by atoms with Crippen molar-refractivity contribution in [2.24, 2.45) is 0 Å². The van der Waals surface area contributed by atoms with Crippen molar-refractivity contribution < 1.29 is 23.0 Å². The van der Waals surface area contributed by atoms with Crippen LogP contribution in [0.5, 0.6) is 17.2 Å². The summed E-state index contributed by atoms with van der Waals surface area (Å²) < 4.78 is 42.8. The standard InChI is InChI=1S/C25H25FN6O.C23H23FN2O.C22H22N2O.C21H20N2.5CH4/c1-31-24-13-18(28)5-9-22(24)21-8-4-17(27)12-23(21)25(31)16-2-6-20(7-3-16)33-15-19-14-32(11-10-26)30-29-19;1-15-3-9-20-19-10-6-17(25)14-21(19)23(26(2)22(20)13-15)16-4-7-18(8-5-16)27-12-11-24;1-14-4-10-19-18-11-7-16(23)13-20(18)22(24(2)21(19)12-14)15-5-8-17(25-3)9-6-15;1-14-8-10-18-17-11-9-16(22)13-19(17)21(23(2)20(18)12-14)15-6-4-3-5-7-15;;;;;/h2-9,12-14,25H,10-11,15,27-28H2,1H3;3-10,13-14,23H,11-12,25H2,1-2H3;4-13,22H,23H2,1-3H3;3-13,21H,22H2,1-2H3;5*1H4/i26-1;24-1;3-1;2-1;;;;;. The predicted octanol–water partition coefficient (Wildman–Crippen LogP) is 22.1. The molecule has 13 aromatic rings. The predicted molar refractivity (Wildman–Crippen MR) is 473 cm³/mol. The first kappa shape index (κ1) is 84.3. The summed E-state index contributed by atoms with van der Waals surface area (Å²) in [5.41, 5.74) is 63.0. The number of nitrogens with two attached hydrogens (primary N) is 5. The molecule has 12 aromatic carbocycles. The zero-order chi connectivity index (χ0) is 75.4. The molecule has 15 nitrogen and oxygen atoms in total. The van der Waals surface area contributed by atoms with Crippen LogP contribution in [0, 0.1) is 20.8 Å². The number of nitrogens with zero attached hydrogens (tertiary/aromatic N) is 7. The van der Waals surface area contributed by atoms with E-state index in [-0.39, 0.29) is 81.1 Å². The second-order valence-corrected chi connectivity index (χ2v) is 28.1. The minimum absolute atomic E-state index is 0. The number of anilines is 9. The molecule has 17 rings (SSSR count). The quantitative estimate of drug-likeness (QED) is 0.0683. The van der Waals surface area contributed by atoms with Crippen molar-refractivity contribution in [2.45, 2.75) is 95.2 Å². The number of nitrogen functional groups attached to an aromatic ring is 5. The Labute approximate surface area is 667 Å². The first-order chi connectivity index (χ1) is 52.3. The van der Waals surface area contributed by atoms with Gasteiger partial charge in [0.05, 0.1) is 44.0 Å². The van der Waals surface area contributed by atoms with Crippen LogP contribution in [0.1, 0.15) is 128 Å². The maximum atomic E-state index is 12.4. The number of methoxy groups -OCH3 is 1. The molecule has 0 amide bonds. The molecule has 0 fully saturated rings. The summed E-state index contributed by atoms with van der Waals surface area (Å²) in [4.78, 5) is 9.22. The van der Waals surface area contributed by atoms with Gasteiger partial charge in [-0.05, 0) is 219 Å². The fraction of sp³-hybridized carbons (Fsp3) is 0.229. The Hall–Kier alpha value is -12.8. The van der Waals surface area contributed by atoms with Gasteiger partial charge in [-0.25, -0.2) is 13.5 Å². The second kappa shape index (κ2) is 36.4. The van der Waals surface area contributed by atoms with Crippen molar-refractivity contribution in [1.82, 2.24) is 15.0 Å². The Morgan fingerprint density at radius 1 is 0.345 bits per heavy atom. The molecule has 4 unspecified atom stereocenters. The fourth-order valence-corrected chi connectivity index (χ4v) is 15.6. The summed E-state index contributed by atoms with van der Waals surface area (Å²) in [7, 11) is 10.2. The van der Waals surface area contributed by atoms with E-state index in [4.69, 9.17) is 42.9 Å². The number of aryl methyl sites for hydroxylation is 4. The van der Waals surface area contributed by atoms with Crippen LogP contribution in [0.2, 0.25) is 0 Å². The van der Waals surface area contributed by atoms with Gasteiger partial charge in [-0.15, -0.1) is 5.10 Å². The van der Waals surface area contributed by atoms with E-state index in [0.717, 1.165) is 73.4 Å². The van der Waals surface area contributed by atoms with E-state index < -0.39 is 13.3 Å². The molecule has 1 aromatic heterocycles. The van der Waals surface area contributed by atoms with Gasteiger partial charge in [0.2, 0.25) is 0 Å². The maximum Gasteiger partial charge on any atom is 0.134 e. The summed E-state index contributed by atoms with van der Waals surface area (Å²) in [5, 5.41) is 7.88. The van der Waals surface area contributed by atoms with Crippen LogP contribution >= 0.6 is 0 Å². The van der Waals surface area contributed by atoms with Crippen LogP contribution in [0.3, 0.4) is 0 Å². The lowest BCUT2D eigenvalue weighted by Gasteiger charge is -2.38. The molecule has 0 saturated heterocycles. The molecular weight excluding hydrogens is 1400 g/mol. The third kappa shape index (κ3) is 17.4. The van der Waals surface area contributed by atoms with Crippen LogP contribution in [0.4, 0.5) is 60.0 Å². The lowest BCUT2D eigenvalue weighted by Crippen LogP contribution is -2.29. The van der Waals surface area contributed by atoms with Crippen LogP contribution in [0.15, 0.2) is 255 Å². The van der Waals surface area contributed by atoms with Gasteiger partial charge in [0.25, 0.3) is 0 Å². The smallest absolute Gasteiger partial charge is 0.134 e. The Morgan fingerprint density at radius 2 is 0.655 bits per heavy atom. The van der Waals surface area contributed by atoms with Crippen molar-refractivity contribution in [3.05, 3.63) is 322 Å². The number of hydrogen-bond donors (Lipinski definition) is 5. The summed E-state index contributed by atoms with van der Waals surface area (Å²) in [6.07, 6.45) is 1.69. The molecule has 0 spiro atoms. The zero-order valence-electron chi connectivity index (χ0n) is 62.1. The average molecular weight is 1510 g/mol. The fourth-order valence-electron chi connectivity index (χ4n) is 15.6. The van der Waals surface area contributed by atoms with Crippen molar-refractivity contribution in [3.8, 4) is 61.8 Å². The second-order valence-electron chi connectivity index (χ2n) is 28.1. The Balaban J connectivity index is 0.000000172. The molecule has 0 aliphatic carbocycles. The molecule has 10 N–H and O–H groups in total. The van der Waals surface area contributed by atoms with Gasteiger partial charge >= 0.3 is 0 Å². The third-order valence-electron chi connectivity index (χ3n) is 20.8. The topological polar surface area (TPSA) is 201 Å². The number of fused-ring (bicyclic) bond motifs is 12. The number of aromatic nitrogens is 3. The normalized spacial score (nSPS) is 14.6. The van der Waals surface area contributed by atoms with Crippen molar-refractivity contribution in [3.63, 3.8) is 0 Å². The van der Waals surface area contributed by atoms with Crippen LogP contribution in [0.25, 0.3) is 44.5 Å². The number of alkyl halides is 2. The van der Waals surface area contributed by atoms with E-state index in [1.165, 1.54) is 99.6 Å². The first-order valence-corrected chi connectivity index (χ1v) is 36.2. The van der Waals surface area contributed by atoms with Gasteiger partial charge in [0.1, 0.15) is 49.5 Å². The molecule has 4 aliphatic rings. The number of hydrogen-bond acceptors (Lipinski definition) is 14. The molecule has 17 heteroatoms. The average Bonchev–Trinajstić information content (AvgIpc) is 0.896. The highest BCUT2D eigenvalue weighted by molar-refractivity contribution is 5.91. The summed E-state index contributed by atoms with van der Waals surface area (Å²) >= 11 is 0. The third-order valence-corrected chi connectivity index (χ3v) is 20.8. The number of rotatable bonds is 13. The number of ether oxygens (including phenoxy) is 3. The highest BCUT2D eigenvalue weighted by Gasteiger charge is 2.35. The van der Waals surface area contributed by atoms with E-state index in [1.54, 1.807) is 13.3 Å². The molecule has 113 heavy (non-hydrogen) atoms. The van der Waals surface area contributed by atoms with Crippen molar-refractivity contribution >= 4 is 51.2 Å². The largest absolute Gasteiger partial charge is 0.497 e. The Morgan fingerprint density at radius 3 is 1.00 bits per heavy atom. The van der Waals surface area contributed by atoms with Gasteiger partial charge < -0.3 is 62.5 Å². The molecule has 0 saturated carbocycles. The molecule has 586 valence electrons. The summed E-state index contributed by atoms with van der Waals surface area (Å²) in [6.45, 7) is 5.95. The van der Waals surface area contributed by atoms with Crippen molar-refractivity contribution in [2.75, 3.05) is 104 Å². The zero-order valence-corrected chi connectivity index (χ0v) is 62.1. The molecule has 5 heterocycles. The van der Waals surface area contributed by atoms with Crippen molar-refractivity contribution in [1.29, 1.82) is 0 Å². The van der Waals surface area contributed by atoms with Gasteiger partial charge in [0, 0.05) is 102 Å². The molecule has 0 bridgehead atoms. The molecular formula is C96H110F2N12O3. The van der Waals surface area contributed by atoms with Gasteiger partial charge in [-0.3, -0.25) is 0 Å². The van der Waals surface area contributed by atoms with E-state index >= 15 is 0 Å². The number of halogens is 2. The highest BCUT2D eigenvalue weighted by atomic mass is 18.2. The molecule has 0 radical (unpaired) electrons. The molecule has 4 atom stereocenters. The summed E-state index contributed by atoms with van der Waals surface area (Å²) in [5.74, 6) is 2.26. The Kier molecular flexibility index (Phi) is 27.1.